The number of likely N-dealkylation sites (tertiary alicyclic amines) is 1. The van der Waals surface area contributed by atoms with Crippen LogP contribution in [-0.4, -0.2) is 44.4 Å². The van der Waals surface area contributed by atoms with E-state index in [4.69, 9.17) is 10.5 Å². The van der Waals surface area contributed by atoms with Gasteiger partial charge < -0.3 is 15.4 Å². The smallest absolute Gasteiger partial charge is 0.301 e. The summed E-state index contributed by atoms with van der Waals surface area (Å²) >= 11 is 1.20. The minimum Gasteiger partial charge on any atom is -0.430 e. The van der Waals surface area contributed by atoms with Crippen molar-refractivity contribution in [3.63, 3.8) is 0 Å². The normalized spacial score (nSPS) is 18.0. The van der Waals surface area contributed by atoms with Gasteiger partial charge in [-0.25, -0.2) is 0 Å². The van der Waals surface area contributed by atoms with Crippen LogP contribution >= 0.6 is 11.3 Å². The zero-order valence-corrected chi connectivity index (χ0v) is 18.6. The van der Waals surface area contributed by atoms with Crippen molar-refractivity contribution in [2.45, 2.75) is 46.1 Å². The highest BCUT2D eigenvalue weighted by Crippen LogP contribution is 2.42. The Bertz CT molecular complexity index is 919. The molecule has 0 bridgehead atoms. The average Bonchev–Trinajstić information content (AvgIpc) is 3.33. The molecule has 0 unspecified atom stereocenters. The summed E-state index contributed by atoms with van der Waals surface area (Å²) in [5, 5.41) is 15.0. The largest absolute Gasteiger partial charge is 0.430 e. The number of nitrogens with zero attached hydrogens (tertiary/aromatic N) is 4. The van der Waals surface area contributed by atoms with Crippen molar-refractivity contribution in [3.8, 4) is 22.1 Å². The van der Waals surface area contributed by atoms with E-state index in [1.165, 1.54) is 30.7 Å². The molecule has 156 valence electrons. The Hall–Kier alpha value is -2.45. The van der Waals surface area contributed by atoms with Gasteiger partial charge in [0.1, 0.15) is 5.75 Å². The Labute approximate surface area is 176 Å². The van der Waals surface area contributed by atoms with Crippen molar-refractivity contribution in [2.75, 3.05) is 19.3 Å². The number of anilines is 1. The van der Waals surface area contributed by atoms with Crippen molar-refractivity contribution in [3.05, 3.63) is 36.7 Å². The van der Waals surface area contributed by atoms with Gasteiger partial charge in [0.15, 0.2) is 0 Å². The van der Waals surface area contributed by atoms with Crippen molar-refractivity contribution >= 4 is 16.5 Å². The zero-order valence-electron chi connectivity index (χ0n) is 17.8. The number of H-pyrrole nitrogens is 1. The van der Waals surface area contributed by atoms with Gasteiger partial charge in [-0.05, 0) is 74.7 Å². The first kappa shape index (κ1) is 21.3. The van der Waals surface area contributed by atoms with Gasteiger partial charge in [-0.15, -0.1) is 5.10 Å². The first-order chi connectivity index (χ1) is 13.7. The lowest BCUT2D eigenvalue weighted by Crippen LogP contribution is -2.55. The molecule has 1 aliphatic rings. The quantitative estimate of drug-likeness (QED) is 0.638. The number of aromatic amines is 1. The second-order valence-electron chi connectivity index (χ2n) is 8.49. The van der Waals surface area contributed by atoms with E-state index in [2.05, 4.69) is 60.0 Å². The number of hydrogen-bond donors (Lipinski definition) is 2. The van der Waals surface area contributed by atoms with Crippen molar-refractivity contribution < 1.29 is 4.74 Å². The summed E-state index contributed by atoms with van der Waals surface area (Å²) < 4.78 is 5.57. The van der Waals surface area contributed by atoms with Gasteiger partial charge in [-0.3, -0.25) is 5.10 Å². The highest BCUT2D eigenvalue weighted by molar-refractivity contribution is 7.16. The fourth-order valence-corrected chi connectivity index (χ4v) is 3.85. The first-order valence-electron chi connectivity index (χ1n) is 9.76. The van der Waals surface area contributed by atoms with Gasteiger partial charge in [0, 0.05) is 17.3 Å². The third kappa shape index (κ3) is 4.94. The van der Waals surface area contributed by atoms with Crippen LogP contribution in [0.2, 0.25) is 0 Å². The Morgan fingerprint density at radius 1 is 1.17 bits per heavy atom. The lowest BCUT2D eigenvalue weighted by molar-refractivity contribution is -0.0121. The highest BCUT2D eigenvalue weighted by Gasteiger charge is 2.42. The third-order valence-electron chi connectivity index (χ3n) is 6.20. The predicted octanol–water partition coefficient (Wildman–Crippen LogP) is 4.82. The Morgan fingerprint density at radius 2 is 1.97 bits per heavy atom. The third-order valence-corrected chi connectivity index (χ3v) is 6.83. The molecule has 0 radical (unpaired) electrons. The molecule has 0 atom stereocenters. The number of benzene rings is 1. The lowest BCUT2D eigenvalue weighted by atomic mass is 9.68. The van der Waals surface area contributed by atoms with E-state index in [0.29, 0.717) is 27.0 Å². The number of ether oxygens (including phenoxy) is 1. The van der Waals surface area contributed by atoms with E-state index in [0.717, 1.165) is 11.1 Å². The van der Waals surface area contributed by atoms with Gasteiger partial charge in [-0.1, -0.05) is 31.1 Å². The fraction of sp³-hybridized carbons (Fsp3) is 0.476. The zero-order chi connectivity index (χ0) is 21.1. The molecular weight excluding hydrogens is 384 g/mol. The molecule has 29 heavy (non-hydrogen) atoms. The predicted molar refractivity (Wildman–Crippen MR) is 118 cm³/mol. The standard InChI is InChI=1S/C11H9N5OS.C10H21N/c12-10-15-16-11(18-10)17-9-3-1-2-7(4-9)8-5-13-14-6-8;1-9(2)7-6-8-11(5)10(9,3)4/h1-6H,(H2,12,15)(H,13,14);6-8H2,1-5H3. The minimum absolute atomic E-state index is 0.366. The van der Waals surface area contributed by atoms with Crippen LogP contribution in [0, 0.1) is 5.41 Å². The molecule has 1 aromatic carbocycles. The second-order valence-corrected chi connectivity index (χ2v) is 9.46. The number of nitrogens with two attached hydrogens (primary N) is 1. The van der Waals surface area contributed by atoms with Crippen LogP contribution in [-0.2, 0) is 0 Å². The summed E-state index contributed by atoms with van der Waals surface area (Å²) in [6.07, 6.45) is 6.29. The van der Waals surface area contributed by atoms with E-state index in [1.807, 2.05) is 30.5 Å². The van der Waals surface area contributed by atoms with Crippen LogP contribution in [0.1, 0.15) is 40.5 Å². The number of nitrogen functional groups attached to an aromatic ring is 1. The number of nitrogens with one attached hydrogen (secondary N) is 1. The van der Waals surface area contributed by atoms with Crippen molar-refractivity contribution in [1.29, 1.82) is 0 Å². The second kappa shape index (κ2) is 8.51. The number of hydrogen-bond acceptors (Lipinski definition) is 7. The molecule has 0 aliphatic carbocycles. The summed E-state index contributed by atoms with van der Waals surface area (Å²) in [6.45, 7) is 10.7. The SMILES string of the molecule is CN1CCCC(C)(C)C1(C)C.Nc1nnc(Oc2cccc(-c3cn[nH]c3)c2)s1. The van der Waals surface area contributed by atoms with Crippen molar-refractivity contribution in [2.24, 2.45) is 5.41 Å². The molecule has 0 spiro atoms. The lowest BCUT2D eigenvalue weighted by Gasteiger charge is -2.52. The molecule has 3 N–H and O–H groups in total. The average molecular weight is 415 g/mol. The van der Waals surface area contributed by atoms with Crippen LogP contribution < -0.4 is 10.5 Å². The number of rotatable bonds is 3. The van der Waals surface area contributed by atoms with Gasteiger partial charge in [0.05, 0.1) is 6.20 Å². The van der Waals surface area contributed by atoms with Crippen LogP contribution in [0.25, 0.3) is 11.1 Å². The molecule has 1 aliphatic heterocycles. The molecule has 1 fully saturated rings. The maximum atomic E-state index is 5.57. The summed E-state index contributed by atoms with van der Waals surface area (Å²) in [5.74, 6) is 0.685. The summed E-state index contributed by atoms with van der Waals surface area (Å²) in [5.41, 5.74) is 8.34. The number of aromatic nitrogens is 4. The Balaban J connectivity index is 0.000000188. The van der Waals surface area contributed by atoms with Crippen LogP contribution in [0.4, 0.5) is 5.13 Å². The number of piperidine rings is 1. The molecule has 0 saturated carbocycles. The Kier molecular flexibility index (Phi) is 6.24. The highest BCUT2D eigenvalue weighted by atomic mass is 32.1. The van der Waals surface area contributed by atoms with E-state index < -0.39 is 0 Å². The molecule has 2 aromatic heterocycles. The molecular formula is C21H30N6OS. The minimum atomic E-state index is 0.366. The van der Waals surface area contributed by atoms with E-state index >= 15 is 0 Å². The molecule has 4 rings (SSSR count). The monoisotopic (exact) mass is 414 g/mol. The van der Waals surface area contributed by atoms with Gasteiger partial charge in [-0.2, -0.15) is 5.10 Å². The Morgan fingerprint density at radius 3 is 2.55 bits per heavy atom. The maximum Gasteiger partial charge on any atom is 0.301 e. The molecule has 1 saturated heterocycles. The van der Waals surface area contributed by atoms with Crippen molar-refractivity contribution in [1.82, 2.24) is 25.3 Å². The molecule has 7 nitrogen and oxygen atoms in total. The topological polar surface area (TPSA) is 92.9 Å². The molecule has 3 aromatic rings. The van der Waals surface area contributed by atoms with Crippen LogP contribution in [0.5, 0.6) is 10.9 Å². The maximum absolute atomic E-state index is 5.57. The van der Waals surface area contributed by atoms with Gasteiger partial charge in [0.25, 0.3) is 0 Å². The molecule has 3 heterocycles. The van der Waals surface area contributed by atoms with Gasteiger partial charge >= 0.3 is 5.19 Å². The fourth-order valence-electron chi connectivity index (χ4n) is 3.37. The molecule has 8 heteroatoms. The summed E-state index contributed by atoms with van der Waals surface area (Å²) in [7, 11) is 2.24. The first-order valence-corrected chi connectivity index (χ1v) is 10.6. The van der Waals surface area contributed by atoms with Crippen LogP contribution in [0.3, 0.4) is 0 Å². The van der Waals surface area contributed by atoms with Gasteiger partial charge in [0.2, 0.25) is 5.13 Å². The van der Waals surface area contributed by atoms with Crippen LogP contribution in [0.15, 0.2) is 36.7 Å². The van der Waals surface area contributed by atoms with E-state index in [-0.39, 0.29) is 0 Å². The summed E-state index contributed by atoms with van der Waals surface area (Å²) in [6, 6.07) is 7.64. The van der Waals surface area contributed by atoms with E-state index in [1.54, 1.807) is 6.20 Å². The molecule has 0 amide bonds. The summed E-state index contributed by atoms with van der Waals surface area (Å²) in [4.78, 5) is 2.48. The van der Waals surface area contributed by atoms with E-state index in [9.17, 15) is 0 Å².